The zero-order valence-electron chi connectivity index (χ0n) is 31.2. The first-order valence-electron chi connectivity index (χ1n) is 18.5. The summed E-state index contributed by atoms with van der Waals surface area (Å²) in [4.78, 5) is 22.2. The maximum Gasteiger partial charge on any atom is 0.472 e. The van der Waals surface area contributed by atoms with Gasteiger partial charge in [0, 0.05) is 13.0 Å². The third-order valence-electron chi connectivity index (χ3n) is 7.34. The third-order valence-corrected chi connectivity index (χ3v) is 8.33. The van der Waals surface area contributed by atoms with Crippen LogP contribution < -0.4 is 0 Å². The van der Waals surface area contributed by atoms with Gasteiger partial charge in [0.2, 0.25) is 0 Å². The van der Waals surface area contributed by atoms with Crippen molar-refractivity contribution in [1.82, 2.24) is 0 Å². The Morgan fingerprint density at radius 2 is 1.19 bits per heavy atom. The van der Waals surface area contributed by atoms with Gasteiger partial charge in [-0.25, -0.2) is 4.57 Å². The molecular formula is C39H71NO7P+. The lowest BCUT2D eigenvalue weighted by molar-refractivity contribution is -0.870. The van der Waals surface area contributed by atoms with E-state index in [0.29, 0.717) is 24.1 Å². The maximum absolute atomic E-state index is 12.3. The number of hydrogen-bond donors (Lipinski definition) is 1. The number of hydrogen-bond acceptors (Lipinski definition) is 6. The Labute approximate surface area is 294 Å². The summed E-state index contributed by atoms with van der Waals surface area (Å²) in [6.45, 7) is 5.21. The minimum absolute atomic E-state index is 0.0832. The van der Waals surface area contributed by atoms with Gasteiger partial charge in [0.1, 0.15) is 19.3 Å². The molecule has 0 amide bonds. The van der Waals surface area contributed by atoms with Gasteiger partial charge in [0.05, 0.1) is 34.4 Å². The number of allylic oxidation sites excluding steroid dienone is 10. The Hall–Kier alpha value is -1.80. The van der Waals surface area contributed by atoms with Gasteiger partial charge in [-0.05, 0) is 57.8 Å². The van der Waals surface area contributed by atoms with E-state index in [2.05, 4.69) is 67.7 Å². The summed E-state index contributed by atoms with van der Waals surface area (Å²) in [6.07, 6.45) is 39.3. The molecule has 0 rings (SSSR count). The van der Waals surface area contributed by atoms with E-state index in [1.54, 1.807) is 0 Å². The molecule has 0 saturated carbocycles. The van der Waals surface area contributed by atoms with E-state index in [4.69, 9.17) is 18.5 Å². The summed E-state index contributed by atoms with van der Waals surface area (Å²) in [7, 11) is 1.64. The molecule has 2 unspecified atom stereocenters. The van der Waals surface area contributed by atoms with Crippen molar-refractivity contribution in [2.24, 2.45) is 0 Å². The van der Waals surface area contributed by atoms with Gasteiger partial charge in [0.15, 0.2) is 0 Å². The lowest BCUT2D eigenvalue weighted by Gasteiger charge is -2.24. The van der Waals surface area contributed by atoms with Gasteiger partial charge in [-0.2, -0.15) is 0 Å². The number of phosphoric ester groups is 1. The summed E-state index contributed by atoms with van der Waals surface area (Å²) < 4.78 is 34.3. The fraction of sp³-hybridized carbons (Fsp3) is 0.718. The predicted molar refractivity (Wildman–Crippen MR) is 201 cm³/mol. The standard InChI is InChI=1S/C39H70NO7P/c1-6-8-10-11-12-13-14-15-16-17-18-19-20-21-22-23-24-25-26-27-28-29-30-31-34-44-36-38(47-39(41)32-9-7-2)37-46-48(42,43)45-35-33-40(3,4)5/h8,10,12-13,15-16,18-19,21-22,38H,6-7,9,11,14,17,20,23-37H2,1-5H3/p+1/b10-8-,13-12-,16-15-,19-18-,22-21-. The second-order valence-corrected chi connectivity index (χ2v) is 14.7. The highest BCUT2D eigenvalue weighted by Crippen LogP contribution is 2.43. The van der Waals surface area contributed by atoms with E-state index in [0.717, 1.165) is 64.2 Å². The number of likely N-dealkylation sites (N-methyl/N-ethyl adjacent to an activating group) is 1. The first kappa shape index (κ1) is 46.2. The molecular weight excluding hydrogens is 625 g/mol. The fourth-order valence-electron chi connectivity index (χ4n) is 4.44. The van der Waals surface area contributed by atoms with E-state index < -0.39 is 13.9 Å². The highest BCUT2D eigenvalue weighted by atomic mass is 31.2. The van der Waals surface area contributed by atoms with Gasteiger partial charge in [-0.15, -0.1) is 0 Å². The van der Waals surface area contributed by atoms with Crippen LogP contribution in [0.3, 0.4) is 0 Å². The van der Waals surface area contributed by atoms with Crippen LogP contribution >= 0.6 is 7.82 Å². The molecule has 2 atom stereocenters. The molecule has 0 spiro atoms. The number of unbranched alkanes of at least 4 members (excludes halogenated alkanes) is 9. The molecule has 9 heteroatoms. The monoisotopic (exact) mass is 696 g/mol. The Kier molecular flexibility index (Phi) is 31.2. The largest absolute Gasteiger partial charge is 0.472 e. The topological polar surface area (TPSA) is 91.3 Å². The average molecular weight is 697 g/mol. The van der Waals surface area contributed by atoms with Gasteiger partial charge < -0.3 is 18.9 Å². The van der Waals surface area contributed by atoms with E-state index in [1.165, 1.54) is 38.5 Å². The molecule has 1 N–H and O–H groups in total. The predicted octanol–water partition coefficient (Wildman–Crippen LogP) is 10.2. The van der Waals surface area contributed by atoms with Crippen LogP contribution in [-0.4, -0.2) is 75.6 Å². The zero-order valence-corrected chi connectivity index (χ0v) is 32.1. The molecule has 0 aliphatic heterocycles. The Morgan fingerprint density at radius 1 is 0.667 bits per heavy atom. The number of esters is 1. The average Bonchev–Trinajstić information content (AvgIpc) is 3.03. The van der Waals surface area contributed by atoms with Crippen molar-refractivity contribution in [1.29, 1.82) is 0 Å². The van der Waals surface area contributed by atoms with Crippen molar-refractivity contribution in [3.05, 3.63) is 60.8 Å². The molecule has 0 bridgehead atoms. The molecule has 0 heterocycles. The fourth-order valence-corrected chi connectivity index (χ4v) is 5.18. The molecule has 0 aliphatic rings. The van der Waals surface area contributed by atoms with Crippen LogP contribution in [0.2, 0.25) is 0 Å². The van der Waals surface area contributed by atoms with Gasteiger partial charge >= 0.3 is 13.8 Å². The van der Waals surface area contributed by atoms with Crippen molar-refractivity contribution in [2.45, 2.75) is 129 Å². The first-order chi connectivity index (χ1) is 23.1. The molecule has 0 fully saturated rings. The van der Waals surface area contributed by atoms with Crippen LogP contribution in [0.15, 0.2) is 60.8 Å². The molecule has 0 saturated heterocycles. The number of nitrogens with zero attached hydrogens (tertiary/aromatic N) is 1. The lowest BCUT2D eigenvalue weighted by Crippen LogP contribution is -2.37. The van der Waals surface area contributed by atoms with Crippen LogP contribution in [0.1, 0.15) is 123 Å². The van der Waals surface area contributed by atoms with Crippen LogP contribution in [0, 0.1) is 0 Å². The molecule has 0 aromatic heterocycles. The minimum atomic E-state index is -4.25. The van der Waals surface area contributed by atoms with Crippen molar-refractivity contribution in [3.8, 4) is 0 Å². The Balaban J connectivity index is 3.91. The van der Waals surface area contributed by atoms with E-state index in [-0.39, 0.29) is 25.8 Å². The van der Waals surface area contributed by atoms with E-state index >= 15 is 0 Å². The van der Waals surface area contributed by atoms with Gasteiger partial charge in [-0.3, -0.25) is 13.8 Å². The smallest absolute Gasteiger partial charge is 0.457 e. The zero-order chi connectivity index (χ0) is 35.6. The Morgan fingerprint density at radius 3 is 1.73 bits per heavy atom. The van der Waals surface area contributed by atoms with Crippen molar-refractivity contribution >= 4 is 13.8 Å². The summed E-state index contributed by atoms with van der Waals surface area (Å²) in [5.41, 5.74) is 0. The molecule has 278 valence electrons. The molecule has 48 heavy (non-hydrogen) atoms. The molecule has 0 aliphatic carbocycles. The summed E-state index contributed by atoms with van der Waals surface area (Å²) in [5, 5.41) is 0. The number of carbonyl (C=O) groups is 1. The summed E-state index contributed by atoms with van der Waals surface area (Å²) in [6, 6.07) is 0. The Bertz CT molecular complexity index is 952. The second-order valence-electron chi connectivity index (χ2n) is 13.2. The van der Waals surface area contributed by atoms with Crippen LogP contribution in [0.4, 0.5) is 0 Å². The maximum atomic E-state index is 12.3. The van der Waals surface area contributed by atoms with E-state index in [1.807, 2.05) is 28.1 Å². The van der Waals surface area contributed by atoms with Crippen LogP contribution in [-0.2, 0) is 27.9 Å². The molecule has 0 radical (unpaired) electrons. The highest BCUT2D eigenvalue weighted by Gasteiger charge is 2.26. The van der Waals surface area contributed by atoms with E-state index in [9.17, 15) is 14.3 Å². The highest BCUT2D eigenvalue weighted by molar-refractivity contribution is 7.47. The molecule has 8 nitrogen and oxygen atoms in total. The second kappa shape index (κ2) is 32.4. The summed E-state index contributed by atoms with van der Waals surface area (Å²) in [5.74, 6) is -0.356. The lowest BCUT2D eigenvalue weighted by atomic mass is 10.1. The van der Waals surface area contributed by atoms with Crippen LogP contribution in [0.5, 0.6) is 0 Å². The minimum Gasteiger partial charge on any atom is -0.457 e. The van der Waals surface area contributed by atoms with Crippen LogP contribution in [0.25, 0.3) is 0 Å². The normalized spacial score (nSPS) is 14.7. The SMILES string of the molecule is CC/C=C\C/C=C\C/C=C\C/C=C\C/C=C\CCCCCCCCCCOCC(COP(=O)(O)OCC[N+](C)(C)C)OC(=O)CCCC. The molecule has 0 aromatic rings. The van der Waals surface area contributed by atoms with Crippen molar-refractivity contribution in [3.63, 3.8) is 0 Å². The summed E-state index contributed by atoms with van der Waals surface area (Å²) >= 11 is 0. The quantitative estimate of drug-likeness (QED) is 0.0240. The number of phosphoric acid groups is 1. The first-order valence-corrected chi connectivity index (χ1v) is 20.0. The third kappa shape index (κ3) is 35.5. The van der Waals surface area contributed by atoms with Crippen molar-refractivity contribution < 1.29 is 37.3 Å². The number of carbonyl (C=O) groups excluding carboxylic acids is 1. The number of rotatable bonds is 33. The van der Waals surface area contributed by atoms with Gasteiger partial charge in [0.25, 0.3) is 0 Å². The molecule has 0 aromatic carbocycles. The number of quaternary nitrogens is 1. The van der Waals surface area contributed by atoms with Gasteiger partial charge in [-0.1, -0.05) is 120 Å². The number of ether oxygens (including phenoxy) is 2. The van der Waals surface area contributed by atoms with Crippen molar-refractivity contribution in [2.75, 3.05) is 54.1 Å².